The van der Waals surface area contributed by atoms with E-state index in [1.807, 2.05) is 85.8 Å². The van der Waals surface area contributed by atoms with E-state index in [0.717, 1.165) is 28.6 Å². The van der Waals surface area contributed by atoms with Crippen LogP contribution in [-0.2, 0) is 6.61 Å². The van der Waals surface area contributed by atoms with Gasteiger partial charge < -0.3 is 19.9 Å². The molecule has 26 heavy (non-hydrogen) atoms. The van der Waals surface area contributed by atoms with E-state index in [-0.39, 0.29) is 6.04 Å². The first kappa shape index (κ1) is 17.8. The van der Waals surface area contributed by atoms with Crippen LogP contribution < -0.4 is 19.9 Å². The summed E-state index contributed by atoms with van der Waals surface area (Å²) in [5.74, 6) is 3.08. The molecule has 0 saturated heterocycles. The van der Waals surface area contributed by atoms with Crippen LogP contribution in [0.2, 0.25) is 0 Å². The second-order valence-electron chi connectivity index (χ2n) is 6.11. The molecule has 0 amide bonds. The molecular weight excluding hydrogens is 326 g/mol. The Morgan fingerprint density at radius 1 is 0.692 bits per heavy atom. The lowest BCUT2D eigenvalue weighted by molar-refractivity contribution is 0.296. The fourth-order valence-electron chi connectivity index (χ4n) is 2.31. The zero-order chi connectivity index (χ0) is 18.2. The molecule has 0 radical (unpaired) electrons. The third-order valence-corrected chi connectivity index (χ3v) is 3.64. The van der Waals surface area contributed by atoms with Gasteiger partial charge in [-0.2, -0.15) is 0 Å². The second kappa shape index (κ2) is 8.92. The van der Waals surface area contributed by atoms with Crippen LogP contribution in [0.15, 0.2) is 78.9 Å². The minimum absolute atomic E-state index is 0.00792. The normalized spacial score (nSPS) is 11.6. The summed E-state index contributed by atoms with van der Waals surface area (Å²) >= 11 is 0. The Hall–Kier alpha value is -2.98. The zero-order valence-corrected chi connectivity index (χ0v) is 14.8. The predicted molar refractivity (Wildman–Crippen MR) is 103 cm³/mol. The van der Waals surface area contributed by atoms with E-state index >= 15 is 0 Å². The van der Waals surface area contributed by atoms with Crippen molar-refractivity contribution in [1.82, 2.24) is 0 Å². The molecule has 0 aliphatic carbocycles. The van der Waals surface area contributed by atoms with Crippen molar-refractivity contribution >= 4 is 0 Å². The Kier molecular flexibility index (Phi) is 6.12. The second-order valence-corrected chi connectivity index (χ2v) is 6.11. The molecule has 0 saturated carbocycles. The summed E-state index contributed by atoms with van der Waals surface area (Å²) in [7, 11) is 0. The molecule has 0 aliphatic rings. The Morgan fingerprint density at radius 2 is 1.19 bits per heavy atom. The number of ether oxygens (including phenoxy) is 3. The summed E-state index contributed by atoms with van der Waals surface area (Å²) in [5.41, 5.74) is 6.82. The van der Waals surface area contributed by atoms with Crippen molar-refractivity contribution in [3.05, 3.63) is 84.4 Å². The Labute approximate surface area is 154 Å². The standard InChI is InChI=1S/C22H23NO3/c1-17(23)15-24-19-7-11-21(12-8-19)26-22-13-9-20(10-14-22)25-16-18-5-3-2-4-6-18/h2-14,17H,15-16,23H2,1H3/t17-/m0/s1. The molecular formula is C22H23NO3. The van der Waals surface area contributed by atoms with Gasteiger partial charge in [0.25, 0.3) is 0 Å². The SMILES string of the molecule is C[C@H](N)COc1ccc(Oc2ccc(OCc3ccccc3)cc2)cc1. The van der Waals surface area contributed by atoms with Crippen LogP contribution in [0.3, 0.4) is 0 Å². The van der Waals surface area contributed by atoms with Gasteiger partial charge in [-0.3, -0.25) is 0 Å². The van der Waals surface area contributed by atoms with Gasteiger partial charge in [0.1, 0.15) is 36.2 Å². The van der Waals surface area contributed by atoms with E-state index in [0.29, 0.717) is 13.2 Å². The molecule has 0 unspecified atom stereocenters. The highest BCUT2D eigenvalue weighted by molar-refractivity contribution is 5.37. The summed E-state index contributed by atoms with van der Waals surface area (Å²) in [5, 5.41) is 0. The summed E-state index contributed by atoms with van der Waals surface area (Å²) in [6, 6.07) is 25.2. The molecule has 0 bridgehead atoms. The number of hydrogen-bond donors (Lipinski definition) is 1. The monoisotopic (exact) mass is 349 g/mol. The van der Waals surface area contributed by atoms with E-state index in [2.05, 4.69) is 0 Å². The smallest absolute Gasteiger partial charge is 0.127 e. The molecule has 0 aliphatic heterocycles. The first-order valence-electron chi connectivity index (χ1n) is 8.62. The van der Waals surface area contributed by atoms with Crippen LogP contribution in [-0.4, -0.2) is 12.6 Å². The molecule has 0 aromatic heterocycles. The molecule has 2 N–H and O–H groups in total. The van der Waals surface area contributed by atoms with Crippen molar-refractivity contribution in [2.45, 2.75) is 19.6 Å². The van der Waals surface area contributed by atoms with Gasteiger partial charge in [-0.05, 0) is 61.0 Å². The maximum Gasteiger partial charge on any atom is 0.127 e. The average molecular weight is 349 g/mol. The van der Waals surface area contributed by atoms with Crippen molar-refractivity contribution in [2.75, 3.05) is 6.61 Å². The summed E-state index contributed by atoms with van der Waals surface area (Å²) in [4.78, 5) is 0. The van der Waals surface area contributed by atoms with Crippen LogP contribution in [0.4, 0.5) is 0 Å². The van der Waals surface area contributed by atoms with Gasteiger partial charge in [0.05, 0.1) is 0 Å². The largest absolute Gasteiger partial charge is 0.492 e. The van der Waals surface area contributed by atoms with Crippen LogP contribution in [0, 0.1) is 0 Å². The van der Waals surface area contributed by atoms with Gasteiger partial charge >= 0.3 is 0 Å². The molecule has 4 heteroatoms. The maximum atomic E-state index is 5.84. The molecule has 0 spiro atoms. The van der Waals surface area contributed by atoms with Gasteiger partial charge in [-0.15, -0.1) is 0 Å². The van der Waals surface area contributed by atoms with Gasteiger partial charge in [-0.25, -0.2) is 0 Å². The number of benzene rings is 3. The van der Waals surface area contributed by atoms with Gasteiger partial charge in [0.15, 0.2) is 0 Å². The first-order valence-corrected chi connectivity index (χ1v) is 8.62. The molecule has 3 rings (SSSR count). The van der Waals surface area contributed by atoms with Gasteiger partial charge in [-0.1, -0.05) is 30.3 Å². The fourth-order valence-corrected chi connectivity index (χ4v) is 2.31. The molecule has 1 atom stereocenters. The molecule has 3 aromatic rings. The topological polar surface area (TPSA) is 53.7 Å². The van der Waals surface area contributed by atoms with E-state index in [4.69, 9.17) is 19.9 Å². The van der Waals surface area contributed by atoms with Crippen molar-refractivity contribution in [3.63, 3.8) is 0 Å². The van der Waals surface area contributed by atoms with Crippen LogP contribution in [0.1, 0.15) is 12.5 Å². The summed E-state index contributed by atoms with van der Waals surface area (Å²) in [6.45, 7) is 2.94. The van der Waals surface area contributed by atoms with Crippen LogP contribution in [0.25, 0.3) is 0 Å². The zero-order valence-electron chi connectivity index (χ0n) is 14.8. The van der Waals surface area contributed by atoms with Crippen molar-refractivity contribution in [1.29, 1.82) is 0 Å². The van der Waals surface area contributed by atoms with Gasteiger partial charge in [0, 0.05) is 6.04 Å². The Balaban J connectivity index is 1.52. The highest BCUT2D eigenvalue weighted by Crippen LogP contribution is 2.26. The summed E-state index contributed by atoms with van der Waals surface area (Å²) in [6.07, 6.45) is 0. The van der Waals surface area contributed by atoms with Gasteiger partial charge in [0.2, 0.25) is 0 Å². The van der Waals surface area contributed by atoms with Crippen molar-refractivity contribution in [3.8, 4) is 23.0 Å². The minimum atomic E-state index is 0.00792. The fraction of sp³-hybridized carbons (Fsp3) is 0.182. The van der Waals surface area contributed by atoms with Crippen molar-refractivity contribution in [2.24, 2.45) is 5.73 Å². The maximum absolute atomic E-state index is 5.84. The quantitative estimate of drug-likeness (QED) is 0.636. The molecule has 0 heterocycles. The average Bonchev–Trinajstić information content (AvgIpc) is 2.68. The molecule has 3 aromatic carbocycles. The highest BCUT2D eigenvalue weighted by Gasteiger charge is 2.01. The molecule has 0 fully saturated rings. The van der Waals surface area contributed by atoms with E-state index in [1.54, 1.807) is 0 Å². The molecule has 4 nitrogen and oxygen atoms in total. The first-order chi connectivity index (χ1) is 12.7. The van der Waals surface area contributed by atoms with Crippen molar-refractivity contribution < 1.29 is 14.2 Å². The number of nitrogens with two attached hydrogens (primary N) is 1. The van der Waals surface area contributed by atoms with Crippen LogP contribution in [0.5, 0.6) is 23.0 Å². The Bertz CT molecular complexity index is 784. The Morgan fingerprint density at radius 3 is 1.73 bits per heavy atom. The lowest BCUT2D eigenvalue weighted by Crippen LogP contribution is -2.23. The van der Waals surface area contributed by atoms with E-state index in [9.17, 15) is 0 Å². The van der Waals surface area contributed by atoms with E-state index < -0.39 is 0 Å². The third kappa shape index (κ3) is 5.53. The minimum Gasteiger partial charge on any atom is -0.492 e. The molecule has 134 valence electrons. The third-order valence-electron chi connectivity index (χ3n) is 3.64. The van der Waals surface area contributed by atoms with E-state index in [1.165, 1.54) is 0 Å². The lowest BCUT2D eigenvalue weighted by Gasteiger charge is -2.10. The number of rotatable bonds is 8. The summed E-state index contributed by atoms with van der Waals surface area (Å²) < 4.78 is 17.2. The van der Waals surface area contributed by atoms with Crippen LogP contribution >= 0.6 is 0 Å². The highest BCUT2D eigenvalue weighted by atomic mass is 16.5. The lowest BCUT2D eigenvalue weighted by atomic mass is 10.2. The number of hydrogen-bond acceptors (Lipinski definition) is 4. The predicted octanol–water partition coefficient (Wildman–Crippen LogP) is 4.78.